The van der Waals surface area contributed by atoms with Crippen LogP contribution in [0.5, 0.6) is 0 Å². The molecule has 1 aliphatic rings. The summed E-state index contributed by atoms with van der Waals surface area (Å²) in [5.74, 6) is 0.530. The van der Waals surface area contributed by atoms with Crippen LogP contribution in [0.15, 0.2) is 0 Å². The Hall–Kier alpha value is -0.570. The van der Waals surface area contributed by atoms with E-state index in [0.29, 0.717) is 12.5 Å². The van der Waals surface area contributed by atoms with E-state index in [4.69, 9.17) is 0 Å². The van der Waals surface area contributed by atoms with E-state index in [1.807, 2.05) is 20.8 Å². The number of carbonyl (C=O) groups excluding carboxylic acids is 1. The molecule has 1 heterocycles. The van der Waals surface area contributed by atoms with Gasteiger partial charge in [-0.25, -0.2) is 0 Å². The molecule has 76 valence electrons. The molecule has 0 saturated carbocycles. The largest absolute Gasteiger partial charge is 0.391 e. The molecular formula is C10H19NO2. The number of amides is 1. The molecule has 0 aromatic heterocycles. The van der Waals surface area contributed by atoms with Gasteiger partial charge < -0.3 is 10.0 Å². The first-order valence-electron chi connectivity index (χ1n) is 4.99. The zero-order valence-electron chi connectivity index (χ0n) is 8.66. The predicted octanol–water partition coefficient (Wildman–Crippen LogP) is 0.872. The van der Waals surface area contributed by atoms with Crippen molar-refractivity contribution in [2.75, 3.05) is 13.1 Å². The van der Waals surface area contributed by atoms with Gasteiger partial charge in [0.05, 0.1) is 6.10 Å². The van der Waals surface area contributed by atoms with Gasteiger partial charge in [0.15, 0.2) is 0 Å². The lowest BCUT2D eigenvalue weighted by Gasteiger charge is -2.35. The van der Waals surface area contributed by atoms with Gasteiger partial charge in [0.2, 0.25) is 5.91 Å². The van der Waals surface area contributed by atoms with Crippen LogP contribution in [-0.4, -0.2) is 35.1 Å². The number of nitrogens with zero attached hydrogens (tertiary/aromatic N) is 1. The Labute approximate surface area is 79.7 Å². The second kappa shape index (κ2) is 4.09. The summed E-state index contributed by atoms with van der Waals surface area (Å²) in [5, 5.41) is 9.58. The van der Waals surface area contributed by atoms with Crippen LogP contribution in [0.3, 0.4) is 0 Å². The minimum atomic E-state index is -0.337. The molecule has 0 spiro atoms. The number of β-amino-alcohol motifs (C(OH)–C–C–N with tert-alkyl or cyclic N) is 1. The number of rotatable bonds is 1. The summed E-state index contributed by atoms with van der Waals surface area (Å²) < 4.78 is 0. The smallest absolute Gasteiger partial charge is 0.225 e. The van der Waals surface area contributed by atoms with E-state index in [2.05, 4.69) is 0 Å². The molecule has 3 heteroatoms. The average Bonchev–Trinajstić information content (AvgIpc) is 2.08. The van der Waals surface area contributed by atoms with E-state index < -0.39 is 0 Å². The average molecular weight is 185 g/mol. The Bertz CT molecular complexity index is 191. The van der Waals surface area contributed by atoms with Crippen LogP contribution < -0.4 is 0 Å². The lowest BCUT2D eigenvalue weighted by atomic mass is 9.95. The third-order valence-electron chi connectivity index (χ3n) is 2.72. The van der Waals surface area contributed by atoms with E-state index >= 15 is 0 Å². The van der Waals surface area contributed by atoms with Gasteiger partial charge in [-0.1, -0.05) is 20.8 Å². The Morgan fingerprint density at radius 2 is 2.15 bits per heavy atom. The van der Waals surface area contributed by atoms with E-state index in [9.17, 15) is 9.90 Å². The first-order valence-corrected chi connectivity index (χ1v) is 4.99. The molecule has 0 aromatic rings. The van der Waals surface area contributed by atoms with Crippen molar-refractivity contribution in [3.63, 3.8) is 0 Å². The number of hydrogen-bond donors (Lipinski definition) is 1. The summed E-state index contributed by atoms with van der Waals surface area (Å²) in [7, 11) is 0. The maximum absolute atomic E-state index is 11.6. The molecule has 0 bridgehead atoms. The topological polar surface area (TPSA) is 40.5 Å². The second-order valence-electron chi connectivity index (χ2n) is 4.27. The molecule has 1 N–H and O–H groups in total. The number of aliphatic hydroxyl groups is 1. The van der Waals surface area contributed by atoms with Gasteiger partial charge in [-0.05, 0) is 12.3 Å². The van der Waals surface area contributed by atoms with E-state index in [0.717, 1.165) is 13.0 Å². The minimum absolute atomic E-state index is 0.0422. The van der Waals surface area contributed by atoms with Gasteiger partial charge in [0.1, 0.15) is 0 Å². The lowest BCUT2D eigenvalue weighted by Crippen LogP contribution is -2.47. The van der Waals surface area contributed by atoms with Gasteiger partial charge in [0.25, 0.3) is 0 Å². The summed E-state index contributed by atoms with van der Waals surface area (Å²) in [4.78, 5) is 13.3. The predicted molar refractivity (Wildman–Crippen MR) is 51.2 cm³/mol. The van der Waals surface area contributed by atoms with Crippen molar-refractivity contribution in [2.24, 2.45) is 11.8 Å². The van der Waals surface area contributed by atoms with Crippen molar-refractivity contribution >= 4 is 5.91 Å². The summed E-state index contributed by atoms with van der Waals surface area (Å²) in [6, 6.07) is 0. The standard InChI is InChI=1S/C10H19NO2/c1-7(2)10(13)11-5-4-8(3)9(12)6-11/h7-9,12H,4-6H2,1-3H3/t8-,9-/m0/s1. The molecule has 13 heavy (non-hydrogen) atoms. The Balaban J connectivity index is 2.50. The number of carbonyl (C=O) groups is 1. The molecule has 1 saturated heterocycles. The van der Waals surface area contributed by atoms with Crippen LogP contribution in [0, 0.1) is 11.8 Å². The van der Waals surface area contributed by atoms with Crippen molar-refractivity contribution in [3.05, 3.63) is 0 Å². The van der Waals surface area contributed by atoms with Gasteiger partial charge in [-0.2, -0.15) is 0 Å². The molecule has 0 radical (unpaired) electrons. The number of aliphatic hydroxyl groups excluding tert-OH is 1. The minimum Gasteiger partial charge on any atom is -0.391 e. The van der Waals surface area contributed by atoms with Gasteiger partial charge in [0, 0.05) is 19.0 Å². The van der Waals surface area contributed by atoms with Crippen LogP contribution in [-0.2, 0) is 4.79 Å². The van der Waals surface area contributed by atoms with Crippen molar-refractivity contribution in [1.29, 1.82) is 0 Å². The molecule has 2 atom stereocenters. The molecule has 0 unspecified atom stereocenters. The fourth-order valence-corrected chi connectivity index (χ4v) is 1.61. The highest BCUT2D eigenvalue weighted by molar-refractivity contribution is 5.78. The molecule has 1 rings (SSSR count). The van der Waals surface area contributed by atoms with E-state index in [-0.39, 0.29) is 17.9 Å². The molecule has 0 aliphatic carbocycles. The highest BCUT2D eigenvalue weighted by Gasteiger charge is 2.27. The van der Waals surface area contributed by atoms with Crippen molar-refractivity contribution in [1.82, 2.24) is 4.90 Å². The van der Waals surface area contributed by atoms with Crippen molar-refractivity contribution in [2.45, 2.75) is 33.3 Å². The van der Waals surface area contributed by atoms with Crippen molar-refractivity contribution < 1.29 is 9.90 Å². The summed E-state index contributed by atoms with van der Waals surface area (Å²) in [6.45, 7) is 7.13. The van der Waals surface area contributed by atoms with E-state index in [1.54, 1.807) is 4.90 Å². The highest BCUT2D eigenvalue weighted by Crippen LogP contribution is 2.18. The molecule has 1 amide bonds. The quantitative estimate of drug-likeness (QED) is 0.658. The molecule has 0 aromatic carbocycles. The fraction of sp³-hybridized carbons (Fsp3) is 0.900. The van der Waals surface area contributed by atoms with Gasteiger partial charge >= 0.3 is 0 Å². The lowest BCUT2D eigenvalue weighted by molar-refractivity contribution is -0.138. The molecule has 1 fully saturated rings. The second-order valence-corrected chi connectivity index (χ2v) is 4.27. The Morgan fingerprint density at radius 1 is 1.54 bits per heavy atom. The maximum Gasteiger partial charge on any atom is 0.225 e. The zero-order valence-corrected chi connectivity index (χ0v) is 8.66. The first kappa shape index (κ1) is 10.5. The van der Waals surface area contributed by atoms with Crippen LogP contribution in [0.2, 0.25) is 0 Å². The normalized spacial score (nSPS) is 29.5. The summed E-state index contributed by atoms with van der Waals surface area (Å²) in [6.07, 6.45) is 0.580. The zero-order chi connectivity index (χ0) is 10.0. The summed E-state index contributed by atoms with van der Waals surface area (Å²) in [5.41, 5.74) is 0. The van der Waals surface area contributed by atoms with Gasteiger partial charge in [-0.3, -0.25) is 4.79 Å². The maximum atomic E-state index is 11.6. The fourth-order valence-electron chi connectivity index (χ4n) is 1.61. The Kier molecular flexibility index (Phi) is 3.31. The monoisotopic (exact) mass is 185 g/mol. The summed E-state index contributed by atoms with van der Waals surface area (Å²) >= 11 is 0. The third kappa shape index (κ3) is 2.44. The first-order chi connectivity index (χ1) is 6.02. The Morgan fingerprint density at radius 3 is 2.62 bits per heavy atom. The number of hydrogen-bond acceptors (Lipinski definition) is 2. The van der Waals surface area contributed by atoms with Crippen LogP contribution in [0.25, 0.3) is 0 Å². The van der Waals surface area contributed by atoms with Crippen LogP contribution in [0.4, 0.5) is 0 Å². The third-order valence-corrected chi connectivity index (χ3v) is 2.72. The van der Waals surface area contributed by atoms with Gasteiger partial charge in [-0.15, -0.1) is 0 Å². The van der Waals surface area contributed by atoms with Crippen LogP contribution >= 0.6 is 0 Å². The SMILES string of the molecule is CC(C)C(=O)N1CC[C@H](C)[C@@H](O)C1. The van der Waals surface area contributed by atoms with E-state index in [1.165, 1.54) is 0 Å². The molecule has 3 nitrogen and oxygen atoms in total. The highest BCUT2D eigenvalue weighted by atomic mass is 16.3. The number of piperidine rings is 1. The molecular weight excluding hydrogens is 166 g/mol. The molecule has 1 aliphatic heterocycles. The van der Waals surface area contributed by atoms with Crippen LogP contribution in [0.1, 0.15) is 27.2 Å². The number of likely N-dealkylation sites (tertiary alicyclic amines) is 1. The van der Waals surface area contributed by atoms with Crippen molar-refractivity contribution in [3.8, 4) is 0 Å².